The fourth-order valence-electron chi connectivity index (χ4n) is 12.6. The molecule has 3 saturated carbocycles. The highest BCUT2D eigenvalue weighted by Crippen LogP contribution is 2.47. The number of carbonyl (C=O) groups excluding carboxylic acids is 4. The zero-order chi connectivity index (χ0) is 81.1. The summed E-state index contributed by atoms with van der Waals surface area (Å²) >= 11 is 0. The Kier molecular flexibility index (Phi) is 22.5. The number of hydrogen-bond donors (Lipinski definition) is 10. The van der Waals surface area contributed by atoms with Crippen LogP contribution in [0.2, 0.25) is 0 Å². The van der Waals surface area contributed by atoms with Crippen LogP contribution >= 0.6 is 0 Å². The molecule has 6 aromatic carbocycles. The molecule has 0 aliphatic heterocycles. The number of likely N-dealkylation sites (N-methyl/N-ethyl adjacent to an activating group) is 1. The molecule has 114 heavy (non-hydrogen) atoms. The average Bonchev–Trinajstić information content (AvgIpc) is 1.60. The number of carboxylic acids is 1. The Hall–Kier alpha value is -13.3. The number of urea groups is 3. The zero-order valence-electron chi connectivity index (χ0n) is 61.1. The van der Waals surface area contributed by atoms with Gasteiger partial charge < -0.3 is 63.8 Å². The zero-order valence-corrected chi connectivity index (χ0v) is 61.1. The van der Waals surface area contributed by atoms with Crippen molar-refractivity contribution in [2.24, 2.45) is 0 Å². The number of nitrogens with zero attached hydrogens (tertiary/aromatic N) is 10. The van der Waals surface area contributed by atoms with Crippen molar-refractivity contribution in [3.05, 3.63) is 198 Å². The number of alkyl halides is 9. The summed E-state index contributed by atoms with van der Waals surface area (Å²) in [6.07, 6.45) is -7.31. The Bertz CT molecular complexity index is 5620. The molecule has 12 aromatic rings. The van der Waals surface area contributed by atoms with Crippen LogP contribution in [0.3, 0.4) is 0 Å². The molecule has 26 nitrogen and oxygen atoms in total. The summed E-state index contributed by atoms with van der Waals surface area (Å²) in [5, 5.41) is 39.3. The van der Waals surface area contributed by atoms with E-state index in [1.54, 1.807) is 67.6 Å². The molecule has 6 heterocycles. The van der Waals surface area contributed by atoms with Crippen LogP contribution in [0.5, 0.6) is 0 Å². The number of carbonyl (C=O) groups is 5. The molecule has 35 heteroatoms. The predicted octanol–water partition coefficient (Wildman–Crippen LogP) is 16.9. The molecule has 6 aromatic heterocycles. The first kappa shape index (κ1) is 78.8. The quantitative estimate of drug-likeness (QED) is 0.0250. The Morgan fingerprint density at radius 1 is 0.439 bits per heavy atom. The number of halogens is 9. The van der Waals surface area contributed by atoms with Gasteiger partial charge in [0.1, 0.15) is 13.1 Å². The lowest BCUT2D eigenvalue weighted by atomic mass is 10.0. The van der Waals surface area contributed by atoms with Gasteiger partial charge in [-0.05, 0) is 202 Å². The van der Waals surface area contributed by atoms with E-state index >= 15 is 0 Å². The summed E-state index contributed by atoms with van der Waals surface area (Å²) in [7, 11) is 4.00. The molecule has 0 spiro atoms. The first-order valence-corrected chi connectivity index (χ1v) is 35.9. The number of anilines is 9. The van der Waals surface area contributed by atoms with Gasteiger partial charge >= 0.3 is 48.6 Å². The Morgan fingerprint density at radius 2 is 0.737 bits per heavy atom. The van der Waals surface area contributed by atoms with E-state index in [9.17, 15) is 68.6 Å². The van der Waals surface area contributed by atoms with Gasteiger partial charge in [0.15, 0.2) is 34.4 Å². The number of amides is 6. The molecule has 3 aliphatic carbocycles. The van der Waals surface area contributed by atoms with Crippen molar-refractivity contribution in [2.75, 3.05) is 76.3 Å². The van der Waals surface area contributed by atoms with Gasteiger partial charge in [0.2, 0.25) is 0 Å². The maximum Gasteiger partial charge on any atom is 0.416 e. The fraction of sp³-hybridized carbons (Fsp3) is 0.253. The Labute approximate surface area is 643 Å². The lowest BCUT2D eigenvalue weighted by molar-refractivity contribution is -0.144. The number of nitrogen functional groups attached to an aromatic ring is 3. The number of nitrogens with two attached hydrogens (primary N) is 3. The van der Waals surface area contributed by atoms with Crippen molar-refractivity contribution >= 4 is 115 Å². The smallest absolute Gasteiger partial charge is 0.416 e. The highest BCUT2D eigenvalue weighted by molar-refractivity contribution is 6.06. The van der Waals surface area contributed by atoms with Crippen LogP contribution in [-0.4, -0.2) is 112 Å². The van der Waals surface area contributed by atoms with Crippen LogP contribution < -0.4 is 49.1 Å². The molecule has 0 saturated heterocycles. The van der Waals surface area contributed by atoms with Crippen molar-refractivity contribution in [3.63, 3.8) is 0 Å². The van der Waals surface area contributed by atoms with E-state index in [4.69, 9.17) is 31.9 Å². The van der Waals surface area contributed by atoms with E-state index in [0.717, 1.165) is 143 Å². The number of benzene rings is 6. The first-order chi connectivity index (χ1) is 54.3. The number of aliphatic carboxylic acids is 1. The maximum atomic E-state index is 12.9. The minimum absolute atomic E-state index is 0.00424. The average molecular weight is 1570 g/mol. The summed E-state index contributed by atoms with van der Waals surface area (Å²) in [6.45, 7) is 2.93. The van der Waals surface area contributed by atoms with E-state index in [1.807, 2.05) is 43.0 Å². The highest BCUT2D eigenvalue weighted by Gasteiger charge is 2.35. The van der Waals surface area contributed by atoms with Gasteiger partial charge in [0.05, 0.1) is 46.0 Å². The Balaban J connectivity index is 0.000000149. The highest BCUT2D eigenvalue weighted by atomic mass is 19.4. The minimum Gasteiger partial charge on any atom is -0.480 e. The molecule has 6 amide bonds. The molecule has 0 radical (unpaired) electrons. The predicted molar refractivity (Wildman–Crippen MR) is 413 cm³/mol. The topological polar surface area (TPSA) is 360 Å². The molecule has 0 unspecified atom stereocenters. The van der Waals surface area contributed by atoms with Gasteiger partial charge in [-0.15, -0.1) is 0 Å². The van der Waals surface area contributed by atoms with Crippen molar-refractivity contribution in [3.8, 4) is 33.4 Å². The second-order valence-corrected chi connectivity index (χ2v) is 27.6. The normalized spacial score (nSPS) is 13.5. The van der Waals surface area contributed by atoms with Gasteiger partial charge in [-0.3, -0.25) is 9.59 Å². The SMILES string of the molecule is CCOC(=O)Cn1nc(N)c2c(-c3ccc(NC(=O)Nc4cccc(C(F)(F)F)c4)cc3)cc(C3CC3)nc21.CN(C)CCn1nc(N)c2c(-c3ccc(NC(=O)Nc4cccc(C(F)(F)F)c4)cc3)cc(C3CC3)nc21.Nc1nn(CC(=O)O)c2nc(C3CC3)cc(-c3ccc(NC(=O)Nc4cccc(C(F)(F)F)c4)cc3)c12. The van der Waals surface area contributed by atoms with Gasteiger partial charge in [0, 0.05) is 75.5 Å². The van der Waals surface area contributed by atoms with Crippen molar-refractivity contribution in [1.82, 2.24) is 49.2 Å². The first-order valence-electron chi connectivity index (χ1n) is 35.9. The number of rotatable bonds is 20. The molecule has 0 bridgehead atoms. The third-order valence-electron chi connectivity index (χ3n) is 18.6. The third-order valence-corrected chi connectivity index (χ3v) is 18.6. The van der Waals surface area contributed by atoms with Crippen molar-refractivity contribution in [2.45, 2.75) is 101 Å². The van der Waals surface area contributed by atoms with Gasteiger partial charge in [-0.2, -0.15) is 54.8 Å². The second kappa shape index (κ2) is 32.5. The number of pyridine rings is 3. The van der Waals surface area contributed by atoms with Crippen molar-refractivity contribution in [1.29, 1.82) is 0 Å². The van der Waals surface area contributed by atoms with Crippen LogP contribution in [0.4, 0.5) is 105 Å². The van der Waals surface area contributed by atoms with E-state index < -0.39 is 65.3 Å². The van der Waals surface area contributed by atoms with Crippen LogP contribution in [0.15, 0.2) is 164 Å². The molecule has 3 fully saturated rings. The van der Waals surface area contributed by atoms with Gasteiger partial charge in [-0.1, -0.05) is 54.6 Å². The van der Waals surface area contributed by atoms with Gasteiger partial charge in [-0.25, -0.2) is 43.4 Å². The number of esters is 1. The number of fused-ring (bicyclic) bond motifs is 3. The van der Waals surface area contributed by atoms with Crippen LogP contribution in [0, 0.1) is 0 Å². The van der Waals surface area contributed by atoms with E-state index in [0.29, 0.717) is 63.3 Å². The monoisotopic (exact) mass is 1570 g/mol. The Morgan fingerprint density at radius 3 is 1.03 bits per heavy atom. The number of ether oxygens (including phenoxy) is 1. The minimum atomic E-state index is -4.52. The molecular formula is C79H74F9N19O7. The molecule has 13 N–H and O–H groups in total. The lowest BCUT2D eigenvalue weighted by Gasteiger charge is -2.12. The molecule has 0 atom stereocenters. The summed E-state index contributed by atoms with van der Waals surface area (Å²) in [6, 6.07) is 38.0. The number of hydrogen-bond acceptors (Lipinski definition) is 16. The van der Waals surface area contributed by atoms with Crippen LogP contribution in [-0.2, 0) is 52.5 Å². The van der Waals surface area contributed by atoms with Crippen molar-refractivity contribution < 1.29 is 73.3 Å². The molecular weight excluding hydrogens is 1500 g/mol. The van der Waals surface area contributed by atoms with Gasteiger partial charge in [0.25, 0.3) is 0 Å². The standard InChI is InChI=1S/C27H28F3N7O.C27H25F3N6O3.C25H21F3N6O3/c1-36(2)12-13-37-25-23(24(31)35-37)21(15-22(34-25)17-6-7-17)16-8-10-19(11-9-16)32-26(38)33-20-5-3-4-18(14-20)27(28,29)30;1-2-39-22(37)14-36-25-23(24(31)35-36)20(13-21(34-25)16-6-7-16)15-8-10-18(11-9-15)32-26(38)33-19-5-3-4-17(12-19)27(28,29)30;26-25(27,28)15-2-1-3-17(10-15)31-24(37)30-16-8-6-13(7-9-16)18-11-19(14-4-5-14)32-23-21(18)22(29)33-34(23)12-20(35)36/h3-5,8-11,14-15,17H,6-7,12-13H2,1-2H3,(H2,31,35)(H2,32,33,38);3-5,8-13,16H,2,6-7,14H2,1H3,(H2,31,35)(H2,32,33,38);1-3,6-11,14H,4-5,12H2,(H2,29,33)(H,35,36)(H2,30,31,37). The summed E-state index contributed by atoms with van der Waals surface area (Å²) in [5.41, 5.74) is 26.8. The largest absolute Gasteiger partial charge is 0.480 e. The van der Waals surface area contributed by atoms with E-state index in [1.165, 1.54) is 45.8 Å². The number of nitrogens with one attached hydrogen (secondary N) is 6. The maximum absolute atomic E-state index is 12.9. The summed E-state index contributed by atoms with van der Waals surface area (Å²) in [4.78, 5) is 76.9. The number of aromatic nitrogens is 9. The fourth-order valence-corrected chi connectivity index (χ4v) is 12.6. The second-order valence-electron chi connectivity index (χ2n) is 27.6. The van der Waals surface area contributed by atoms with Crippen LogP contribution in [0.25, 0.3) is 66.5 Å². The third kappa shape index (κ3) is 19.2. The molecule has 15 rings (SSSR count). The molecule has 590 valence electrons. The van der Waals surface area contributed by atoms with Crippen LogP contribution in [0.1, 0.15) is 97.0 Å². The van der Waals surface area contributed by atoms with E-state index in [-0.39, 0.29) is 54.3 Å². The summed E-state index contributed by atoms with van der Waals surface area (Å²) < 4.78 is 126. The summed E-state index contributed by atoms with van der Waals surface area (Å²) in [5.74, 6) is 0.317. The molecule has 3 aliphatic rings. The van der Waals surface area contributed by atoms with E-state index in [2.05, 4.69) is 63.1 Å². The number of carboxylic acid groups (broad SMARTS) is 1. The lowest BCUT2D eigenvalue weighted by Crippen LogP contribution is -2.19.